The Bertz CT molecular complexity index is 1080. The number of piperidine rings is 1. The Morgan fingerprint density at radius 2 is 1.83 bits per heavy atom. The molecule has 2 N–H and O–H groups in total. The summed E-state index contributed by atoms with van der Waals surface area (Å²) in [5.41, 5.74) is 6.63. The van der Waals surface area contributed by atoms with Gasteiger partial charge in [0.2, 0.25) is 0 Å². The summed E-state index contributed by atoms with van der Waals surface area (Å²) in [6, 6.07) is 18.9. The minimum Gasteiger partial charge on any atom is -0.372 e. The third-order valence-corrected chi connectivity index (χ3v) is 6.32. The van der Waals surface area contributed by atoms with E-state index in [1.54, 1.807) is 0 Å². The first-order valence-corrected chi connectivity index (χ1v) is 10.2. The molecule has 0 aliphatic carbocycles. The number of nitrogens with zero attached hydrogens (tertiary/aromatic N) is 2. The average molecular weight is 386 g/mol. The highest BCUT2D eigenvalue weighted by molar-refractivity contribution is 5.90. The van der Waals surface area contributed by atoms with Gasteiger partial charge in [-0.3, -0.25) is 0 Å². The lowest BCUT2D eigenvalue weighted by atomic mass is 9.82. The normalized spacial score (nSPS) is 16.7. The number of hydrogen-bond donors (Lipinski definition) is 2. The van der Waals surface area contributed by atoms with Crippen LogP contribution >= 0.6 is 0 Å². The van der Waals surface area contributed by atoms with Gasteiger partial charge < -0.3 is 20.1 Å². The maximum absolute atomic E-state index is 12.9. The molecule has 0 bridgehead atoms. The molecule has 1 saturated heterocycles. The molecule has 0 radical (unpaired) electrons. The molecule has 5 nitrogen and oxygen atoms in total. The molecule has 5 rings (SSSR count). The van der Waals surface area contributed by atoms with Crippen molar-refractivity contribution >= 4 is 17.4 Å². The fourth-order valence-electron chi connectivity index (χ4n) is 4.63. The third kappa shape index (κ3) is 2.97. The number of amides is 2. The van der Waals surface area contributed by atoms with Gasteiger partial charge in [-0.05, 0) is 68.1 Å². The van der Waals surface area contributed by atoms with Crippen LogP contribution in [0, 0.1) is 13.8 Å². The molecule has 2 amide bonds. The van der Waals surface area contributed by atoms with E-state index in [2.05, 4.69) is 63.9 Å². The van der Waals surface area contributed by atoms with Gasteiger partial charge in [-0.25, -0.2) is 4.79 Å². The molecule has 1 spiro atoms. The molecule has 2 aliphatic heterocycles. The van der Waals surface area contributed by atoms with Crippen LogP contribution in [0.3, 0.4) is 0 Å². The molecule has 3 heterocycles. The minimum absolute atomic E-state index is 0.0138. The molecule has 3 aromatic rings. The summed E-state index contributed by atoms with van der Waals surface area (Å²) in [6.07, 6.45) is 3.90. The number of carbonyl (C=O) groups excluding carboxylic acids is 1. The first-order valence-electron chi connectivity index (χ1n) is 10.2. The van der Waals surface area contributed by atoms with Crippen LogP contribution in [0.1, 0.15) is 29.7 Å². The quantitative estimate of drug-likeness (QED) is 0.615. The van der Waals surface area contributed by atoms with Gasteiger partial charge in [-0.1, -0.05) is 24.3 Å². The number of aromatic nitrogens is 1. The number of fused-ring (bicyclic) bond motifs is 4. The van der Waals surface area contributed by atoms with Gasteiger partial charge in [0.1, 0.15) is 0 Å². The van der Waals surface area contributed by atoms with E-state index < -0.39 is 0 Å². The largest absolute Gasteiger partial charge is 0.372 e. The fourth-order valence-corrected chi connectivity index (χ4v) is 4.63. The zero-order valence-electron chi connectivity index (χ0n) is 16.9. The maximum Gasteiger partial charge on any atom is 0.321 e. The highest BCUT2D eigenvalue weighted by Gasteiger charge is 2.42. The number of likely N-dealkylation sites (tertiary alicyclic amines) is 1. The summed E-state index contributed by atoms with van der Waals surface area (Å²) in [5, 5.41) is 6.90. The Morgan fingerprint density at radius 1 is 1.03 bits per heavy atom. The molecule has 0 atom stereocenters. The summed E-state index contributed by atoms with van der Waals surface area (Å²) >= 11 is 0. The van der Waals surface area contributed by atoms with Crippen molar-refractivity contribution in [3.63, 3.8) is 0 Å². The number of para-hydroxylation sites is 2. The summed E-state index contributed by atoms with van der Waals surface area (Å²) in [6.45, 7) is 5.51. The maximum atomic E-state index is 12.9. The number of rotatable bonds is 1. The summed E-state index contributed by atoms with van der Waals surface area (Å²) in [4.78, 5) is 14.8. The van der Waals surface area contributed by atoms with Crippen LogP contribution in [-0.4, -0.2) is 28.6 Å². The Labute approximate surface area is 171 Å². The molecule has 0 unspecified atom stereocenters. The average Bonchev–Trinajstić information content (AvgIpc) is 3.23. The van der Waals surface area contributed by atoms with Crippen LogP contribution in [-0.2, 0) is 5.54 Å². The van der Waals surface area contributed by atoms with E-state index >= 15 is 0 Å². The molecule has 2 aromatic carbocycles. The van der Waals surface area contributed by atoms with E-state index in [0.29, 0.717) is 0 Å². The Morgan fingerprint density at radius 3 is 2.66 bits per heavy atom. The van der Waals surface area contributed by atoms with E-state index in [-0.39, 0.29) is 11.6 Å². The second-order valence-electron chi connectivity index (χ2n) is 8.22. The van der Waals surface area contributed by atoms with Crippen LogP contribution in [0.15, 0.2) is 60.8 Å². The van der Waals surface area contributed by atoms with Gasteiger partial charge in [0, 0.05) is 30.7 Å². The van der Waals surface area contributed by atoms with Crippen molar-refractivity contribution in [3.8, 4) is 5.69 Å². The summed E-state index contributed by atoms with van der Waals surface area (Å²) < 4.78 is 2.29. The topological polar surface area (TPSA) is 49.3 Å². The molecule has 1 aromatic heterocycles. The third-order valence-electron chi connectivity index (χ3n) is 6.32. The minimum atomic E-state index is -0.131. The van der Waals surface area contributed by atoms with E-state index in [1.165, 1.54) is 11.4 Å². The van der Waals surface area contributed by atoms with Crippen molar-refractivity contribution < 1.29 is 4.79 Å². The molecular formula is C24H26N4O. The Balaban J connectivity index is 1.34. The van der Waals surface area contributed by atoms with Crippen LogP contribution in [0.2, 0.25) is 0 Å². The monoisotopic (exact) mass is 386 g/mol. The molecule has 1 fully saturated rings. The lowest BCUT2D eigenvalue weighted by Crippen LogP contribution is -2.51. The number of anilines is 2. The Hall–Kier alpha value is -3.21. The number of carbonyl (C=O) groups is 1. The second-order valence-corrected chi connectivity index (χ2v) is 8.22. The molecule has 2 aliphatic rings. The second kappa shape index (κ2) is 6.69. The zero-order valence-corrected chi connectivity index (χ0v) is 16.9. The summed E-state index contributed by atoms with van der Waals surface area (Å²) in [7, 11) is 0. The van der Waals surface area contributed by atoms with Gasteiger partial charge >= 0.3 is 6.03 Å². The number of aryl methyl sites for hydroxylation is 2. The number of nitrogens with one attached hydrogen (secondary N) is 2. The van der Waals surface area contributed by atoms with Crippen LogP contribution < -0.4 is 10.6 Å². The van der Waals surface area contributed by atoms with Crippen LogP contribution in [0.4, 0.5) is 16.2 Å². The van der Waals surface area contributed by atoms with E-state index in [0.717, 1.165) is 48.4 Å². The molecule has 29 heavy (non-hydrogen) atoms. The SMILES string of the molecule is Cc1ccc(C)c(NC(=O)N2CCC3(CC2)Nc2ccccc2-n2cccc23)c1. The zero-order chi connectivity index (χ0) is 20.0. The lowest BCUT2D eigenvalue weighted by Gasteiger charge is -2.46. The van der Waals surface area contributed by atoms with Crippen molar-refractivity contribution in [2.45, 2.75) is 32.2 Å². The van der Waals surface area contributed by atoms with E-state index in [1.807, 2.05) is 30.9 Å². The van der Waals surface area contributed by atoms with Crippen molar-refractivity contribution in [1.82, 2.24) is 9.47 Å². The fraction of sp³-hybridized carbons (Fsp3) is 0.292. The first-order chi connectivity index (χ1) is 14.1. The van der Waals surface area contributed by atoms with Crippen molar-refractivity contribution in [2.24, 2.45) is 0 Å². The van der Waals surface area contributed by atoms with Gasteiger partial charge in [-0.15, -0.1) is 0 Å². The molecular weight excluding hydrogens is 360 g/mol. The smallest absolute Gasteiger partial charge is 0.321 e. The molecule has 148 valence electrons. The molecule has 5 heteroatoms. The first kappa shape index (κ1) is 17.9. The number of hydrogen-bond acceptors (Lipinski definition) is 2. The van der Waals surface area contributed by atoms with Crippen molar-refractivity contribution in [3.05, 3.63) is 77.6 Å². The van der Waals surface area contributed by atoms with Gasteiger partial charge in [0.05, 0.1) is 16.9 Å². The van der Waals surface area contributed by atoms with Gasteiger partial charge in [0.15, 0.2) is 0 Å². The summed E-state index contributed by atoms with van der Waals surface area (Å²) in [5.74, 6) is 0. The van der Waals surface area contributed by atoms with E-state index in [4.69, 9.17) is 0 Å². The van der Waals surface area contributed by atoms with Gasteiger partial charge in [0.25, 0.3) is 0 Å². The van der Waals surface area contributed by atoms with Gasteiger partial charge in [-0.2, -0.15) is 0 Å². The predicted octanol–water partition coefficient (Wildman–Crippen LogP) is 5.04. The van der Waals surface area contributed by atoms with Crippen molar-refractivity contribution in [2.75, 3.05) is 23.7 Å². The number of benzene rings is 2. The van der Waals surface area contributed by atoms with Crippen LogP contribution in [0.5, 0.6) is 0 Å². The van der Waals surface area contributed by atoms with Crippen molar-refractivity contribution in [1.29, 1.82) is 0 Å². The van der Waals surface area contributed by atoms with E-state index in [9.17, 15) is 4.79 Å². The highest BCUT2D eigenvalue weighted by Crippen LogP contribution is 2.43. The predicted molar refractivity (Wildman–Crippen MR) is 117 cm³/mol. The van der Waals surface area contributed by atoms with Crippen LogP contribution in [0.25, 0.3) is 5.69 Å². The standard InChI is InChI=1S/C24H26N4O/c1-17-9-10-18(2)20(16-17)25-23(29)27-14-11-24(12-15-27)22-8-5-13-28(22)21-7-4-3-6-19(21)26-24/h3-10,13,16,26H,11-12,14-15H2,1-2H3,(H,25,29). The Kier molecular flexibility index (Phi) is 4.12. The molecule has 0 saturated carbocycles. The number of urea groups is 1. The lowest BCUT2D eigenvalue weighted by molar-refractivity contribution is 0.174. The highest BCUT2D eigenvalue weighted by atomic mass is 16.2.